The molecule has 5 heteroatoms. The van der Waals surface area contributed by atoms with Crippen molar-refractivity contribution in [3.05, 3.63) is 42.5 Å². The fourth-order valence-electron chi connectivity index (χ4n) is 2.40. The topological polar surface area (TPSA) is 49.4 Å². The van der Waals surface area contributed by atoms with Crippen molar-refractivity contribution in [2.24, 2.45) is 0 Å². The van der Waals surface area contributed by atoms with Crippen LogP contribution < -0.4 is 5.32 Å². The number of carbonyl (C=O) groups excluding carboxylic acids is 2. The number of amides is 3. The highest BCUT2D eigenvalue weighted by Crippen LogP contribution is 2.28. The molecule has 1 heterocycles. The van der Waals surface area contributed by atoms with E-state index in [1.165, 1.54) is 22.0 Å². The molecule has 2 aromatic carbocycles. The second kappa shape index (κ2) is 5.77. The Bertz CT molecular complexity index is 701. The Labute approximate surface area is 127 Å². The number of benzene rings is 2. The minimum atomic E-state index is -0.286. The number of carbonyl (C=O) groups is 2. The summed E-state index contributed by atoms with van der Waals surface area (Å²) in [5, 5.41) is 4.70. The number of nitrogens with one attached hydrogen (secondary N) is 1. The highest BCUT2D eigenvalue weighted by Gasteiger charge is 2.30. The van der Waals surface area contributed by atoms with Crippen LogP contribution in [0.1, 0.15) is 6.92 Å². The highest BCUT2D eigenvalue weighted by molar-refractivity contribution is 8.00. The third kappa shape index (κ3) is 2.88. The van der Waals surface area contributed by atoms with Crippen LogP contribution in [0.4, 0.5) is 4.79 Å². The second-order valence-electron chi connectivity index (χ2n) is 4.99. The molecular formula is C16H16N2O2S. The largest absolute Gasteiger partial charge is 0.336 e. The lowest BCUT2D eigenvalue weighted by atomic mass is 10.1. The van der Waals surface area contributed by atoms with Gasteiger partial charge in [0.15, 0.2) is 0 Å². The first kappa shape index (κ1) is 13.9. The van der Waals surface area contributed by atoms with Crippen LogP contribution in [0, 0.1) is 0 Å². The second-order valence-corrected chi connectivity index (χ2v) is 6.41. The van der Waals surface area contributed by atoms with Crippen LogP contribution in [0.5, 0.6) is 0 Å². The number of fused-ring (bicyclic) bond motifs is 1. The monoisotopic (exact) mass is 300 g/mol. The minimum Gasteiger partial charge on any atom is -0.336 e. The van der Waals surface area contributed by atoms with Gasteiger partial charge in [-0.25, -0.2) is 4.79 Å². The zero-order chi connectivity index (χ0) is 14.8. The predicted octanol–water partition coefficient (Wildman–Crippen LogP) is 2.87. The molecule has 1 aliphatic rings. The fourth-order valence-corrected chi connectivity index (χ4v) is 3.37. The van der Waals surface area contributed by atoms with Gasteiger partial charge in [0, 0.05) is 18.0 Å². The molecular weight excluding hydrogens is 284 g/mol. The molecule has 1 fully saturated rings. The minimum absolute atomic E-state index is 0.136. The number of imide groups is 1. The molecule has 2 aromatic rings. The Balaban J connectivity index is 1.75. The van der Waals surface area contributed by atoms with E-state index < -0.39 is 0 Å². The van der Waals surface area contributed by atoms with E-state index >= 15 is 0 Å². The molecule has 1 saturated heterocycles. The van der Waals surface area contributed by atoms with Gasteiger partial charge in [0.25, 0.3) is 0 Å². The van der Waals surface area contributed by atoms with Crippen molar-refractivity contribution in [3.8, 4) is 0 Å². The van der Waals surface area contributed by atoms with Crippen LogP contribution in [0.2, 0.25) is 0 Å². The highest BCUT2D eigenvalue weighted by atomic mass is 32.2. The Morgan fingerprint density at radius 3 is 2.71 bits per heavy atom. The van der Waals surface area contributed by atoms with Gasteiger partial charge in [0.2, 0.25) is 5.91 Å². The molecule has 3 amide bonds. The van der Waals surface area contributed by atoms with Gasteiger partial charge >= 0.3 is 6.03 Å². The molecule has 0 aromatic heterocycles. The third-order valence-electron chi connectivity index (χ3n) is 3.50. The zero-order valence-corrected chi connectivity index (χ0v) is 12.5. The van der Waals surface area contributed by atoms with Crippen LogP contribution in [0.25, 0.3) is 10.8 Å². The smallest absolute Gasteiger partial charge is 0.324 e. The number of rotatable bonds is 3. The van der Waals surface area contributed by atoms with E-state index in [0.717, 1.165) is 10.3 Å². The lowest BCUT2D eigenvalue weighted by Gasteiger charge is -2.17. The van der Waals surface area contributed by atoms with Crippen molar-refractivity contribution in [3.63, 3.8) is 0 Å². The molecule has 1 unspecified atom stereocenters. The molecule has 4 nitrogen and oxygen atoms in total. The van der Waals surface area contributed by atoms with Crippen molar-refractivity contribution in [2.45, 2.75) is 17.1 Å². The van der Waals surface area contributed by atoms with Crippen LogP contribution in [0.15, 0.2) is 47.4 Å². The van der Waals surface area contributed by atoms with Crippen LogP contribution in [0.3, 0.4) is 0 Å². The lowest BCUT2D eigenvalue weighted by Crippen LogP contribution is -2.38. The first-order chi connectivity index (χ1) is 10.1. The van der Waals surface area contributed by atoms with Gasteiger partial charge in [0.05, 0.1) is 5.25 Å². The normalized spacial score (nSPS) is 16.0. The standard InChI is InChI=1S/C16H16N2O2S/c1-11(15(19)18-9-8-17-16(18)20)21-14-7-6-12-4-2-3-5-13(12)10-14/h2-7,10-11H,8-9H2,1H3,(H,17,20). The molecule has 0 radical (unpaired) electrons. The van der Waals surface area contributed by atoms with E-state index in [2.05, 4.69) is 29.6 Å². The summed E-state index contributed by atoms with van der Waals surface area (Å²) >= 11 is 1.48. The summed E-state index contributed by atoms with van der Waals surface area (Å²) in [4.78, 5) is 26.1. The maximum absolute atomic E-state index is 12.3. The number of hydrogen-bond acceptors (Lipinski definition) is 3. The van der Waals surface area contributed by atoms with Gasteiger partial charge in [-0.05, 0) is 29.8 Å². The summed E-state index contributed by atoms with van der Waals surface area (Å²) in [5.41, 5.74) is 0. The van der Waals surface area contributed by atoms with Gasteiger partial charge in [-0.1, -0.05) is 30.3 Å². The molecule has 0 bridgehead atoms. The predicted molar refractivity (Wildman–Crippen MR) is 84.4 cm³/mol. The Kier molecular flexibility index (Phi) is 3.84. The summed E-state index contributed by atoms with van der Waals surface area (Å²) in [6.07, 6.45) is 0. The third-order valence-corrected chi connectivity index (χ3v) is 4.59. The number of nitrogens with zero attached hydrogens (tertiary/aromatic N) is 1. The fraction of sp³-hybridized carbons (Fsp3) is 0.250. The van der Waals surface area contributed by atoms with Gasteiger partial charge in [0.1, 0.15) is 0 Å². The Morgan fingerprint density at radius 2 is 2.00 bits per heavy atom. The summed E-state index contributed by atoms with van der Waals surface area (Å²) in [6, 6.07) is 14.0. The maximum atomic E-state index is 12.3. The number of thioether (sulfide) groups is 1. The van der Waals surface area contributed by atoms with E-state index in [-0.39, 0.29) is 17.2 Å². The van der Waals surface area contributed by atoms with E-state index in [1.54, 1.807) is 0 Å². The van der Waals surface area contributed by atoms with Crippen molar-refractivity contribution >= 4 is 34.5 Å². The number of urea groups is 1. The quantitative estimate of drug-likeness (QED) is 0.887. The summed E-state index contributed by atoms with van der Waals surface area (Å²) in [7, 11) is 0. The van der Waals surface area contributed by atoms with Crippen LogP contribution >= 0.6 is 11.8 Å². The van der Waals surface area contributed by atoms with E-state index in [9.17, 15) is 9.59 Å². The number of hydrogen-bond donors (Lipinski definition) is 1. The molecule has 108 valence electrons. The van der Waals surface area contributed by atoms with Gasteiger partial charge in [-0.3, -0.25) is 9.69 Å². The summed E-state index contributed by atoms with van der Waals surface area (Å²) in [5.74, 6) is -0.136. The molecule has 3 rings (SSSR count). The first-order valence-electron chi connectivity index (χ1n) is 6.90. The average molecular weight is 300 g/mol. The van der Waals surface area contributed by atoms with Crippen molar-refractivity contribution < 1.29 is 9.59 Å². The van der Waals surface area contributed by atoms with Gasteiger partial charge in [-0.15, -0.1) is 11.8 Å². The first-order valence-corrected chi connectivity index (χ1v) is 7.78. The van der Waals surface area contributed by atoms with Gasteiger partial charge in [-0.2, -0.15) is 0 Å². The molecule has 1 atom stereocenters. The van der Waals surface area contributed by atoms with Crippen LogP contribution in [-0.4, -0.2) is 35.2 Å². The molecule has 0 spiro atoms. The maximum Gasteiger partial charge on any atom is 0.324 e. The molecule has 1 aliphatic heterocycles. The van der Waals surface area contributed by atoms with E-state index in [1.807, 2.05) is 25.1 Å². The zero-order valence-electron chi connectivity index (χ0n) is 11.7. The summed E-state index contributed by atoms with van der Waals surface area (Å²) < 4.78 is 0. The summed E-state index contributed by atoms with van der Waals surface area (Å²) in [6.45, 7) is 2.84. The van der Waals surface area contributed by atoms with Crippen LogP contribution in [-0.2, 0) is 4.79 Å². The molecule has 21 heavy (non-hydrogen) atoms. The Hall–Kier alpha value is -2.01. The lowest BCUT2D eigenvalue weighted by molar-refractivity contribution is -0.126. The van der Waals surface area contributed by atoms with E-state index in [4.69, 9.17) is 0 Å². The average Bonchev–Trinajstić information content (AvgIpc) is 2.92. The van der Waals surface area contributed by atoms with Crippen molar-refractivity contribution in [1.82, 2.24) is 10.2 Å². The Morgan fingerprint density at radius 1 is 1.24 bits per heavy atom. The van der Waals surface area contributed by atoms with Gasteiger partial charge < -0.3 is 5.32 Å². The molecule has 1 N–H and O–H groups in total. The molecule has 0 saturated carbocycles. The van der Waals surface area contributed by atoms with E-state index in [0.29, 0.717) is 13.1 Å². The van der Waals surface area contributed by atoms with Crippen molar-refractivity contribution in [2.75, 3.05) is 13.1 Å². The SMILES string of the molecule is CC(Sc1ccc2ccccc2c1)C(=O)N1CCNC1=O. The molecule has 0 aliphatic carbocycles. The van der Waals surface area contributed by atoms with Crippen molar-refractivity contribution in [1.29, 1.82) is 0 Å².